The summed E-state index contributed by atoms with van der Waals surface area (Å²) >= 11 is 0. The fraction of sp³-hybridized carbons (Fsp3) is 0.100. The molecule has 2 N–H and O–H groups in total. The highest BCUT2D eigenvalue weighted by Crippen LogP contribution is 2.19. The Balaban J connectivity index is 2.00. The van der Waals surface area contributed by atoms with Crippen molar-refractivity contribution in [1.29, 1.82) is 0 Å². The molecule has 1 heterocycles. The summed E-state index contributed by atoms with van der Waals surface area (Å²) in [5, 5.41) is 15.2. The quantitative estimate of drug-likeness (QED) is 0.771. The Kier molecular flexibility index (Phi) is 2.99. The molecule has 2 aromatic rings. The first-order chi connectivity index (χ1) is 8.15. The minimum atomic E-state index is -0.788. The van der Waals surface area contributed by atoms with Crippen LogP contribution in [0.2, 0.25) is 0 Å². The molecule has 0 unspecified atom stereocenters. The summed E-state index contributed by atoms with van der Waals surface area (Å²) in [5.74, 6) is -1.61. The van der Waals surface area contributed by atoms with Crippen molar-refractivity contribution in [3.05, 3.63) is 36.7 Å². The number of benzene rings is 1. The van der Waals surface area contributed by atoms with E-state index in [9.17, 15) is 9.18 Å². The van der Waals surface area contributed by atoms with Gasteiger partial charge in [-0.1, -0.05) is 0 Å². The molecule has 0 aliphatic carbocycles. The van der Waals surface area contributed by atoms with Crippen LogP contribution < -0.4 is 5.32 Å². The number of phenols is 1. The maximum absolute atomic E-state index is 13.0. The maximum atomic E-state index is 13.0. The number of aromatic nitrogens is 3. The van der Waals surface area contributed by atoms with Gasteiger partial charge in [0.2, 0.25) is 5.91 Å². The fourth-order valence-corrected chi connectivity index (χ4v) is 1.25. The second-order valence-electron chi connectivity index (χ2n) is 3.31. The summed E-state index contributed by atoms with van der Waals surface area (Å²) in [5.41, 5.74) is 0.269. The van der Waals surface area contributed by atoms with Crippen molar-refractivity contribution < 1.29 is 14.3 Å². The second-order valence-corrected chi connectivity index (χ2v) is 3.31. The number of nitrogens with one attached hydrogen (secondary N) is 1. The van der Waals surface area contributed by atoms with Crippen LogP contribution in [0.4, 0.5) is 10.1 Å². The van der Waals surface area contributed by atoms with Crippen molar-refractivity contribution >= 4 is 11.6 Å². The molecule has 7 heteroatoms. The number of carbonyl (C=O) groups is 1. The highest BCUT2D eigenvalue weighted by Gasteiger charge is 2.06. The number of anilines is 1. The van der Waals surface area contributed by atoms with Crippen LogP contribution in [0, 0.1) is 5.82 Å². The lowest BCUT2D eigenvalue weighted by Crippen LogP contribution is -2.19. The second kappa shape index (κ2) is 4.60. The average molecular weight is 236 g/mol. The summed E-state index contributed by atoms with van der Waals surface area (Å²) in [6.07, 6.45) is 2.71. The molecule has 0 aliphatic rings. The van der Waals surface area contributed by atoms with E-state index >= 15 is 0 Å². The Bertz CT molecular complexity index is 527. The summed E-state index contributed by atoms with van der Waals surface area (Å²) in [7, 11) is 0. The molecule has 88 valence electrons. The van der Waals surface area contributed by atoms with E-state index in [0.717, 1.165) is 6.07 Å². The lowest BCUT2D eigenvalue weighted by molar-refractivity contribution is -0.116. The van der Waals surface area contributed by atoms with Gasteiger partial charge < -0.3 is 10.4 Å². The number of nitrogens with zero attached hydrogens (tertiary/aromatic N) is 3. The van der Waals surface area contributed by atoms with Gasteiger partial charge in [0.05, 0.1) is 0 Å². The van der Waals surface area contributed by atoms with Crippen molar-refractivity contribution in [2.24, 2.45) is 0 Å². The molecule has 0 atom stereocenters. The zero-order valence-corrected chi connectivity index (χ0v) is 8.67. The molecule has 0 radical (unpaired) electrons. The lowest BCUT2D eigenvalue weighted by atomic mass is 10.3. The van der Waals surface area contributed by atoms with Crippen molar-refractivity contribution in [3.8, 4) is 5.75 Å². The predicted octanol–water partition coefficient (Wildman–Crippen LogP) is 0.761. The van der Waals surface area contributed by atoms with Gasteiger partial charge in [0.15, 0.2) is 11.6 Å². The Morgan fingerprint density at radius 2 is 2.35 bits per heavy atom. The minimum absolute atomic E-state index is 0.0114. The summed E-state index contributed by atoms with van der Waals surface area (Å²) < 4.78 is 14.3. The number of phenolic OH excluding ortho intramolecular Hbond substituents is 1. The van der Waals surface area contributed by atoms with Crippen LogP contribution >= 0.6 is 0 Å². The van der Waals surface area contributed by atoms with Gasteiger partial charge in [-0.2, -0.15) is 5.10 Å². The molecule has 17 heavy (non-hydrogen) atoms. The minimum Gasteiger partial charge on any atom is -0.505 e. The molecule has 6 nitrogen and oxygen atoms in total. The SMILES string of the molecule is O=C(Cn1cncn1)Nc1ccc(O)c(F)c1. The normalized spacial score (nSPS) is 10.2. The molecular formula is C10H9FN4O2. The van der Waals surface area contributed by atoms with Gasteiger partial charge in [-0.05, 0) is 12.1 Å². The Labute approximate surface area is 95.7 Å². The number of hydrogen-bond acceptors (Lipinski definition) is 4. The summed E-state index contributed by atoms with van der Waals surface area (Å²) in [6.45, 7) is -0.0114. The molecular weight excluding hydrogens is 227 g/mol. The van der Waals surface area contributed by atoms with Gasteiger partial charge in [-0.15, -0.1) is 0 Å². The number of halogens is 1. The van der Waals surface area contributed by atoms with Crippen LogP contribution in [-0.4, -0.2) is 25.8 Å². The largest absolute Gasteiger partial charge is 0.505 e. The van der Waals surface area contributed by atoms with Crippen molar-refractivity contribution in [3.63, 3.8) is 0 Å². The van der Waals surface area contributed by atoms with Gasteiger partial charge in [0, 0.05) is 11.8 Å². The number of carbonyl (C=O) groups excluding carboxylic acids is 1. The molecule has 0 saturated carbocycles. The first kappa shape index (κ1) is 11.1. The van der Waals surface area contributed by atoms with E-state index in [1.54, 1.807) is 0 Å². The third-order valence-corrected chi connectivity index (χ3v) is 2.00. The summed E-state index contributed by atoms with van der Waals surface area (Å²) in [6, 6.07) is 3.60. The highest BCUT2D eigenvalue weighted by molar-refractivity contribution is 5.90. The molecule has 0 bridgehead atoms. The summed E-state index contributed by atoms with van der Waals surface area (Å²) in [4.78, 5) is 15.2. The van der Waals surface area contributed by atoms with E-state index in [4.69, 9.17) is 5.11 Å². The molecule has 0 saturated heterocycles. The molecule has 2 rings (SSSR count). The monoisotopic (exact) mass is 236 g/mol. The molecule has 0 fully saturated rings. The van der Waals surface area contributed by atoms with E-state index in [0.29, 0.717) is 0 Å². The van der Waals surface area contributed by atoms with Crippen LogP contribution in [0.3, 0.4) is 0 Å². The Morgan fingerprint density at radius 3 is 3.00 bits per heavy atom. The number of amides is 1. The van der Waals surface area contributed by atoms with Crippen LogP contribution in [0.1, 0.15) is 0 Å². The molecule has 1 aromatic heterocycles. The van der Waals surface area contributed by atoms with E-state index in [1.807, 2.05) is 0 Å². The van der Waals surface area contributed by atoms with Gasteiger partial charge in [-0.25, -0.2) is 14.1 Å². The molecule has 0 aliphatic heterocycles. The molecule has 0 spiro atoms. The Hall–Kier alpha value is -2.44. The standard InChI is InChI=1S/C10H9FN4O2/c11-8-3-7(1-2-9(8)16)14-10(17)4-15-6-12-5-13-15/h1-3,5-6,16H,4H2,(H,14,17). The van der Waals surface area contributed by atoms with E-state index in [1.165, 1.54) is 29.5 Å². The predicted molar refractivity (Wildman–Crippen MR) is 56.7 cm³/mol. The number of aromatic hydroxyl groups is 1. The first-order valence-corrected chi connectivity index (χ1v) is 4.76. The smallest absolute Gasteiger partial charge is 0.246 e. The van der Waals surface area contributed by atoms with Gasteiger partial charge in [0.1, 0.15) is 19.2 Å². The lowest BCUT2D eigenvalue weighted by Gasteiger charge is -2.05. The zero-order valence-electron chi connectivity index (χ0n) is 8.67. The van der Waals surface area contributed by atoms with Gasteiger partial charge in [-0.3, -0.25) is 4.79 Å². The fourth-order valence-electron chi connectivity index (χ4n) is 1.25. The maximum Gasteiger partial charge on any atom is 0.246 e. The highest BCUT2D eigenvalue weighted by atomic mass is 19.1. The number of hydrogen-bond donors (Lipinski definition) is 2. The van der Waals surface area contributed by atoms with Crippen molar-refractivity contribution in [2.45, 2.75) is 6.54 Å². The van der Waals surface area contributed by atoms with Gasteiger partial charge >= 0.3 is 0 Å². The first-order valence-electron chi connectivity index (χ1n) is 4.76. The third kappa shape index (κ3) is 2.77. The van der Waals surface area contributed by atoms with Crippen molar-refractivity contribution in [2.75, 3.05) is 5.32 Å². The topological polar surface area (TPSA) is 80.0 Å². The molecule has 1 aromatic carbocycles. The number of rotatable bonds is 3. The van der Waals surface area contributed by atoms with E-state index in [-0.39, 0.29) is 18.1 Å². The average Bonchev–Trinajstić information content (AvgIpc) is 2.76. The van der Waals surface area contributed by atoms with Crippen LogP contribution in [0.25, 0.3) is 0 Å². The van der Waals surface area contributed by atoms with E-state index in [2.05, 4.69) is 15.4 Å². The molecule has 1 amide bonds. The zero-order chi connectivity index (χ0) is 12.3. The van der Waals surface area contributed by atoms with E-state index < -0.39 is 11.6 Å². The van der Waals surface area contributed by atoms with Crippen LogP contribution in [0.5, 0.6) is 5.75 Å². The van der Waals surface area contributed by atoms with Crippen LogP contribution in [0.15, 0.2) is 30.9 Å². The Morgan fingerprint density at radius 1 is 1.53 bits per heavy atom. The third-order valence-electron chi connectivity index (χ3n) is 2.00. The van der Waals surface area contributed by atoms with Crippen LogP contribution in [-0.2, 0) is 11.3 Å². The van der Waals surface area contributed by atoms with Crippen molar-refractivity contribution in [1.82, 2.24) is 14.8 Å². The van der Waals surface area contributed by atoms with Gasteiger partial charge in [0.25, 0.3) is 0 Å².